The van der Waals surface area contributed by atoms with Crippen LogP contribution in [-0.4, -0.2) is 42.6 Å². The lowest BCUT2D eigenvalue weighted by Crippen LogP contribution is -2.33. The molecule has 1 aromatic heterocycles. The fraction of sp³-hybridized carbons (Fsp3) is 0.500. The van der Waals surface area contributed by atoms with E-state index >= 15 is 0 Å². The Morgan fingerprint density at radius 3 is 2.55 bits per heavy atom. The van der Waals surface area contributed by atoms with E-state index in [1.54, 1.807) is 46.0 Å². The molecule has 0 atom stereocenters. The maximum Gasteiger partial charge on any atom is 0.410 e. The van der Waals surface area contributed by atoms with Crippen molar-refractivity contribution in [3.8, 4) is 5.75 Å². The number of carbonyl (C=O) groups excluding carboxylic acids is 1. The van der Waals surface area contributed by atoms with Gasteiger partial charge in [0.2, 0.25) is 0 Å². The average Bonchev–Trinajstić information content (AvgIpc) is 3.05. The normalized spacial score (nSPS) is 11.9. The number of amides is 1. The van der Waals surface area contributed by atoms with Crippen LogP contribution >= 0.6 is 15.9 Å². The van der Waals surface area contributed by atoms with E-state index in [9.17, 15) is 13.2 Å². The van der Waals surface area contributed by atoms with Crippen LogP contribution in [0.1, 0.15) is 52.5 Å². The van der Waals surface area contributed by atoms with Gasteiger partial charge >= 0.3 is 6.09 Å². The van der Waals surface area contributed by atoms with Gasteiger partial charge in [-0.1, -0.05) is 25.8 Å². The summed E-state index contributed by atoms with van der Waals surface area (Å²) in [7, 11) is -2.23. The number of nitrogens with zero attached hydrogens (tertiary/aromatic N) is 2. The van der Waals surface area contributed by atoms with Crippen molar-refractivity contribution in [2.75, 3.05) is 13.7 Å². The number of benzene rings is 1. The second-order valence-corrected chi connectivity index (χ2v) is 11.0. The maximum absolute atomic E-state index is 13.2. The van der Waals surface area contributed by atoms with E-state index in [2.05, 4.69) is 22.9 Å². The molecular formula is C22H31BrN2O5S. The number of ether oxygens (including phenoxy) is 2. The molecular weight excluding hydrogens is 484 g/mol. The van der Waals surface area contributed by atoms with Crippen molar-refractivity contribution in [2.45, 2.75) is 64.0 Å². The van der Waals surface area contributed by atoms with Crippen molar-refractivity contribution >= 4 is 32.0 Å². The summed E-state index contributed by atoms with van der Waals surface area (Å²) in [5, 5.41) is 0. The van der Waals surface area contributed by atoms with Gasteiger partial charge in [0.05, 0.1) is 18.0 Å². The standard InChI is InChI=1S/C22H31BrN2O5S/c1-6-7-8-12-29-18-10-9-11-19(14-18)31(27,28)25-16-17(13-20(25)23)15-24(5)21(26)30-22(2,3)4/h9-11,13-14,16H,6-8,12,15H2,1-5H3. The van der Waals surface area contributed by atoms with E-state index in [1.807, 2.05) is 0 Å². The molecule has 172 valence electrons. The zero-order chi connectivity index (χ0) is 23.2. The zero-order valence-electron chi connectivity index (χ0n) is 18.7. The van der Waals surface area contributed by atoms with Crippen molar-refractivity contribution in [1.82, 2.24) is 8.87 Å². The highest BCUT2D eigenvalue weighted by Crippen LogP contribution is 2.26. The number of rotatable bonds is 9. The highest BCUT2D eigenvalue weighted by molar-refractivity contribution is 9.10. The molecule has 0 spiro atoms. The lowest BCUT2D eigenvalue weighted by molar-refractivity contribution is 0.0285. The summed E-state index contributed by atoms with van der Waals surface area (Å²) in [6.07, 6.45) is 4.09. The average molecular weight is 515 g/mol. The summed E-state index contributed by atoms with van der Waals surface area (Å²) in [5.74, 6) is 0.519. The predicted octanol–water partition coefficient (Wildman–Crippen LogP) is 5.42. The Hall–Kier alpha value is -2.00. The largest absolute Gasteiger partial charge is 0.494 e. The van der Waals surface area contributed by atoms with Crippen LogP contribution in [0.3, 0.4) is 0 Å². The third-order valence-electron chi connectivity index (χ3n) is 4.30. The molecule has 2 rings (SSSR count). The van der Waals surface area contributed by atoms with Gasteiger partial charge in [-0.25, -0.2) is 17.2 Å². The van der Waals surface area contributed by atoms with Crippen LogP contribution in [0.2, 0.25) is 0 Å². The number of hydrogen-bond acceptors (Lipinski definition) is 5. The van der Waals surface area contributed by atoms with Gasteiger partial charge in [0.15, 0.2) is 0 Å². The van der Waals surface area contributed by atoms with Gasteiger partial charge in [-0.2, -0.15) is 0 Å². The van der Waals surface area contributed by atoms with Gasteiger partial charge < -0.3 is 14.4 Å². The van der Waals surface area contributed by atoms with Gasteiger partial charge in [0.1, 0.15) is 16.0 Å². The monoisotopic (exact) mass is 514 g/mol. The topological polar surface area (TPSA) is 77.8 Å². The van der Waals surface area contributed by atoms with Crippen molar-refractivity contribution in [3.63, 3.8) is 0 Å². The Kier molecular flexibility index (Phi) is 8.59. The van der Waals surface area contributed by atoms with Gasteiger partial charge in [-0.05, 0) is 66.9 Å². The summed E-state index contributed by atoms with van der Waals surface area (Å²) in [6.45, 7) is 8.24. The van der Waals surface area contributed by atoms with E-state index in [1.165, 1.54) is 23.2 Å². The first-order valence-corrected chi connectivity index (χ1v) is 12.5. The molecule has 0 aliphatic heterocycles. The van der Waals surface area contributed by atoms with Crippen LogP contribution in [0, 0.1) is 0 Å². The van der Waals surface area contributed by atoms with Gasteiger partial charge in [-0.15, -0.1) is 0 Å². The summed E-state index contributed by atoms with van der Waals surface area (Å²) in [6, 6.07) is 8.14. The number of unbranched alkanes of at least 4 members (excludes halogenated alkanes) is 2. The first-order valence-electron chi connectivity index (χ1n) is 10.2. The van der Waals surface area contributed by atoms with Crippen molar-refractivity contribution < 1.29 is 22.7 Å². The van der Waals surface area contributed by atoms with Crippen molar-refractivity contribution in [2.24, 2.45) is 0 Å². The van der Waals surface area contributed by atoms with E-state index in [0.717, 1.165) is 23.2 Å². The van der Waals surface area contributed by atoms with Crippen LogP contribution in [0.5, 0.6) is 5.75 Å². The summed E-state index contributed by atoms with van der Waals surface area (Å²) in [5.41, 5.74) is 0.0425. The van der Waals surface area contributed by atoms with Gasteiger partial charge in [0.25, 0.3) is 10.0 Å². The third kappa shape index (κ3) is 7.28. The molecule has 1 aromatic carbocycles. The maximum atomic E-state index is 13.2. The minimum atomic E-state index is -3.84. The molecule has 2 aromatic rings. The van der Waals surface area contributed by atoms with Crippen LogP contribution in [-0.2, 0) is 21.3 Å². The van der Waals surface area contributed by atoms with Gasteiger partial charge in [-0.3, -0.25) is 0 Å². The van der Waals surface area contributed by atoms with Crippen molar-refractivity contribution in [1.29, 1.82) is 0 Å². The Morgan fingerprint density at radius 2 is 1.90 bits per heavy atom. The minimum absolute atomic E-state index is 0.129. The molecule has 0 radical (unpaired) electrons. The van der Waals surface area contributed by atoms with Crippen LogP contribution in [0.25, 0.3) is 0 Å². The SMILES string of the molecule is CCCCCOc1cccc(S(=O)(=O)n2cc(CN(C)C(=O)OC(C)(C)C)cc2Br)c1. The molecule has 0 unspecified atom stereocenters. The fourth-order valence-corrected chi connectivity index (χ4v) is 5.06. The van der Waals surface area contributed by atoms with E-state index in [4.69, 9.17) is 9.47 Å². The van der Waals surface area contributed by atoms with Crippen LogP contribution in [0.4, 0.5) is 4.79 Å². The molecule has 31 heavy (non-hydrogen) atoms. The van der Waals surface area contributed by atoms with Crippen molar-refractivity contribution in [3.05, 3.63) is 46.7 Å². The number of aromatic nitrogens is 1. The number of halogens is 1. The minimum Gasteiger partial charge on any atom is -0.494 e. The molecule has 0 bridgehead atoms. The Morgan fingerprint density at radius 1 is 1.19 bits per heavy atom. The molecule has 0 saturated heterocycles. The molecule has 0 saturated carbocycles. The second-order valence-electron chi connectivity index (χ2n) is 8.34. The predicted molar refractivity (Wildman–Crippen MR) is 124 cm³/mol. The smallest absolute Gasteiger partial charge is 0.410 e. The molecule has 1 heterocycles. The number of hydrogen-bond donors (Lipinski definition) is 0. The molecule has 0 aliphatic rings. The summed E-state index contributed by atoms with van der Waals surface area (Å²) < 4.78 is 38.9. The lowest BCUT2D eigenvalue weighted by Gasteiger charge is -2.24. The Balaban J connectivity index is 2.17. The van der Waals surface area contributed by atoms with E-state index in [0.29, 0.717) is 22.5 Å². The molecule has 7 nitrogen and oxygen atoms in total. The molecule has 0 fully saturated rings. The molecule has 9 heteroatoms. The first kappa shape index (κ1) is 25.3. The quantitative estimate of drug-likeness (QED) is 0.417. The lowest BCUT2D eigenvalue weighted by atomic mass is 10.2. The van der Waals surface area contributed by atoms with Crippen LogP contribution < -0.4 is 4.74 Å². The highest BCUT2D eigenvalue weighted by atomic mass is 79.9. The third-order valence-corrected chi connectivity index (χ3v) is 6.82. The van der Waals surface area contributed by atoms with Crippen LogP contribution in [0.15, 0.2) is 46.0 Å². The van der Waals surface area contributed by atoms with E-state index < -0.39 is 21.7 Å². The zero-order valence-corrected chi connectivity index (χ0v) is 21.1. The Labute approximate surface area is 193 Å². The van der Waals surface area contributed by atoms with E-state index in [-0.39, 0.29) is 11.4 Å². The van der Waals surface area contributed by atoms with Gasteiger partial charge in [0, 0.05) is 19.3 Å². The summed E-state index contributed by atoms with van der Waals surface area (Å²) >= 11 is 3.32. The molecule has 1 amide bonds. The molecule has 0 N–H and O–H groups in total. The molecule has 0 aliphatic carbocycles. The summed E-state index contributed by atoms with van der Waals surface area (Å²) in [4.78, 5) is 13.7. The second kappa shape index (κ2) is 10.5. The Bertz CT molecular complexity index is 996. The highest BCUT2D eigenvalue weighted by Gasteiger charge is 2.23. The first-order chi connectivity index (χ1) is 14.4. The number of carbonyl (C=O) groups is 1. The fourth-order valence-electron chi connectivity index (χ4n) is 2.80.